The van der Waals surface area contributed by atoms with E-state index in [1.165, 1.54) is 0 Å². The van der Waals surface area contributed by atoms with Crippen LogP contribution in [-0.4, -0.2) is 40.0 Å². The largest absolute Gasteiger partial charge is 0.444 e. The molecular formula is C31H45N3O4. The lowest BCUT2D eigenvalue weighted by molar-refractivity contribution is -0.149. The number of carbonyl (C=O) groups is 3. The van der Waals surface area contributed by atoms with Crippen molar-refractivity contribution >= 4 is 17.9 Å². The molecule has 0 aliphatic heterocycles. The minimum atomic E-state index is -0.911. The van der Waals surface area contributed by atoms with E-state index in [0.29, 0.717) is 6.54 Å². The number of hydrogen-bond acceptors (Lipinski definition) is 4. The van der Waals surface area contributed by atoms with E-state index >= 15 is 0 Å². The van der Waals surface area contributed by atoms with Gasteiger partial charge in [0, 0.05) is 12.1 Å². The summed E-state index contributed by atoms with van der Waals surface area (Å²) in [5, 5.41) is 5.81. The van der Waals surface area contributed by atoms with Crippen LogP contribution in [0.5, 0.6) is 0 Å². The maximum atomic E-state index is 14.3. The Labute approximate surface area is 228 Å². The number of nitrogens with one attached hydrogen (secondary N) is 2. The van der Waals surface area contributed by atoms with Gasteiger partial charge < -0.3 is 20.3 Å². The van der Waals surface area contributed by atoms with Crippen molar-refractivity contribution in [3.63, 3.8) is 0 Å². The summed E-state index contributed by atoms with van der Waals surface area (Å²) in [7, 11) is 0. The quantitative estimate of drug-likeness (QED) is 0.455. The van der Waals surface area contributed by atoms with Gasteiger partial charge in [0.25, 0.3) is 0 Å². The van der Waals surface area contributed by atoms with Gasteiger partial charge in [0.15, 0.2) is 0 Å². The molecule has 2 N–H and O–H groups in total. The van der Waals surface area contributed by atoms with E-state index in [9.17, 15) is 14.4 Å². The zero-order valence-electron chi connectivity index (χ0n) is 24.6. The Morgan fingerprint density at radius 3 is 1.92 bits per heavy atom. The first kappa shape index (κ1) is 30.9. The fraction of sp³-hybridized carbons (Fsp3) is 0.516. The molecule has 2 atom stereocenters. The van der Waals surface area contributed by atoms with E-state index in [1.54, 1.807) is 25.7 Å². The molecule has 0 aromatic heterocycles. The maximum absolute atomic E-state index is 14.3. The van der Waals surface area contributed by atoms with Crippen LogP contribution in [0.15, 0.2) is 48.5 Å². The van der Waals surface area contributed by atoms with Crippen molar-refractivity contribution < 1.29 is 19.1 Å². The van der Waals surface area contributed by atoms with Crippen molar-refractivity contribution in [3.05, 3.63) is 70.8 Å². The van der Waals surface area contributed by atoms with Crippen LogP contribution in [-0.2, 0) is 20.9 Å². The molecule has 7 nitrogen and oxygen atoms in total. The summed E-state index contributed by atoms with van der Waals surface area (Å²) in [5.74, 6) is -0.883. The van der Waals surface area contributed by atoms with Crippen LogP contribution in [0.3, 0.4) is 0 Å². The SMILES string of the molecule is Cc1cc(C)cc(C(C(=O)NCc2ccccc2)N(C(=O)C(NC(=O)OC(C)(C)C)C(C)C)C(C)(C)C)c1. The third-order valence-corrected chi connectivity index (χ3v) is 5.94. The molecule has 2 unspecified atom stereocenters. The van der Waals surface area contributed by atoms with Gasteiger partial charge in [-0.15, -0.1) is 0 Å². The van der Waals surface area contributed by atoms with E-state index in [4.69, 9.17) is 4.74 Å². The van der Waals surface area contributed by atoms with Crippen molar-refractivity contribution in [2.45, 2.75) is 99.0 Å². The van der Waals surface area contributed by atoms with E-state index in [0.717, 1.165) is 22.3 Å². The molecule has 2 aromatic rings. The second kappa shape index (κ2) is 12.5. The van der Waals surface area contributed by atoms with Crippen molar-refractivity contribution in [1.82, 2.24) is 15.5 Å². The summed E-state index contributed by atoms with van der Waals surface area (Å²) in [6, 6.07) is 13.8. The Hall–Kier alpha value is -3.35. The van der Waals surface area contributed by atoms with Crippen molar-refractivity contribution in [3.8, 4) is 0 Å². The number of alkyl carbamates (subject to hydrolysis) is 1. The minimum absolute atomic E-state index is 0.243. The smallest absolute Gasteiger partial charge is 0.408 e. The summed E-state index contributed by atoms with van der Waals surface area (Å²) in [5.41, 5.74) is 2.21. The highest BCUT2D eigenvalue weighted by Crippen LogP contribution is 2.32. The van der Waals surface area contributed by atoms with Gasteiger partial charge >= 0.3 is 6.09 Å². The number of nitrogens with zero attached hydrogens (tertiary/aromatic N) is 1. The van der Waals surface area contributed by atoms with Crippen LogP contribution in [0.4, 0.5) is 4.79 Å². The Morgan fingerprint density at radius 2 is 1.45 bits per heavy atom. The molecule has 3 amide bonds. The molecule has 0 radical (unpaired) electrons. The van der Waals surface area contributed by atoms with Gasteiger partial charge in [-0.05, 0) is 72.4 Å². The van der Waals surface area contributed by atoms with Crippen LogP contribution < -0.4 is 10.6 Å². The van der Waals surface area contributed by atoms with Crippen molar-refractivity contribution in [2.75, 3.05) is 0 Å². The lowest BCUT2D eigenvalue weighted by Crippen LogP contribution is -2.59. The van der Waals surface area contributed by atoms with Gasteiger partial charge in [-0.3, -0.25) is 9.59 Å². The Kier molecular flexibility index (Phi) is 10.1. The molecule has 7 heteroatoms. The predicted molar refractivity (Wildman–Crippen MR) is 152 cm³/mol. The van der Waals surface area contributed by atoms with Crippen LogP contribution in [0, 0.1) is 19.8 Å². The topological polar surface area (TPSA) is 87.7 Å². The van der Waals surface area contributed by atoms with Gasteiger partial charge in [-0.25, -0.2) is 4.79 Å². The number of benzene rings is 2. The molecular weight excluding hydrogens is 478 g/mol. The van der Waals surface area contributed by atoms with E-state index in [2.05, 4.69) is 10.6 Å². The Bertz CT molecular complexity index is 1090. The summed E-state index contributed by atoms with van der Waals surface area (Å²) in [4.78, 5) is 42.5. The molecule has 0 heterocycles. The highest BCUT2D eigenvalue weighted by molar-refractivity contribution is 5.92. The zero-order chi connectivity index (χ0) is 28.8. The maximum Gasteiger partial charge on any atom is 0.408 e. The number of hydrogen-bond donors (Lipinski definition) is 2. The average molecular weight is 524 g/mol. The van der Waals surface area contributed by atoms with Crippen LogP contribution in [0.25, 0.3) is 0 Å². The normalized spacial score (nSPS) is 13.4. The fourth-order valence-corrected chi connectivity index (χ4v) is 4.41. The molecule has 0 spiro atoms. The monoisotopic (exact) mass is 523 g/mol. The van der Waals surface area contributed by atoms with Crippen molar-refractivity contribution in [2.24, 2.45) is 5.92 Å². The summed E-state index contributed by atoms with van der Waals surface area (Å²) >= 11 is 0. The lowest BCUT2D eigenvalue weighted by atomic mass is 9.92. The summed E-state index contributed by atoms with van der Waals surface area (Å²) in [6.45, 7) is 19.0. The molecule has 0 saturated heterocycles. The Balaban J connectivity index is 2.55. The summed E-state index contributed by atoms with van der Waals surface area (Å²) in [6.07, 6.45) is -0.671. The number of amides is 3. The molecule has 0 aliphatic rings. The zero-order valence-corrected chi connectivity index (χ0v) is 24.6. The number of ether oxygens (including phenoxy) is 1. The first-order valence-electron chi connectivity index (χ1n) is 13.2. The first-order chi connectivity index (χ1) is 17.5. The Morgan fingerprint density at radius 1 is 0.895 bits per heavy atom. The van der Waals surface area contributed by atoms with Gasteiger partial charge in [0.05, 0.1) is 0 Å². The summed E-state index contributed by atoms with van der Waals surface area (Å²) < 4.78 is 5.45. The van der Waals surface area contributed by atoms with E-state index in [-0.39, 0.29) is 17.7 Å². The van der Waals surface area contributed by atoms with Gasteiger partial charge in [-0.1, -0.05) is 73.5 Å². The van der Waals surface area contributed by atoms with E-state index < -0.39 is 29.3 Å². The van der Waals surface area contributed by atoms with Crippen LogP contribution >= 0.6 is 0 Å². The third kappa shape index (κ3) is 8.89. The number of rotatable bonds is 8. The van der Waals surface area contributed by atoms with Crippen LogP contribution in [0.2, 0.25) is 0 Å². The fourth-order valence-electron chi connectivity index (χ4n) is 4.41. The molecule has 0 saturated carbocycles. The second-order valence-electron chi connectivity index (χ2n) is 12.3. The number of aryl methyl sites for hydroxylation is 2. The first-order valence-corrected chi connectivity index (χ1v) is 13.2. The average Bonchev–Trinajstić information content (AvgIpc) is 2.76. The standard InChI is InChI=1S/C31H45N3O4/c1-20(2)25(33-29(37)38-31(8,9)10)28(36)34(30(5,6)7)26(24-17-21(3)16-22(4)18-24)27(35)32-19-23-14-12-11-13-15-23/h11-18,20,25-26H,19H2,1-10H3,(H,32,35)(H,33,37). The van der Waals surface area contributed by atoms with Gasteiger partial charge in [-0.2, -0.15) is 0 Å². The highest BCUT2D eigenvalue weighted by Gasteiger charge is 2.42. The van der Waals surface area contributed by atoms with E-state index in [1.807, 2.05) is 97.0 Å². The molecule has 208 valence electrons. The molecule has 38 heavy (non-hydrogen) atoms. The second-order valence-corrected chi connectivity index (χ2v) is 12.3. The van der Waals surface area contributed by atoms with Gasteiger partial charge in [0.2, 0.25) is 11.8 Å². The van der Waals surface area contributed by atoms with Gasteiger partial charge in [0.1, 0.15) is 17.7 Å². The third-order valence-electron chi connectivity index (χ3n) is 5.94. The molecule has 0 bridgehead atoms. The lowest BCUT2D eigenvalue weighted by Gasteiger charge is -2.43. The molecule has 2 rings (SSSR count). The molecule has 2 aromatic carbocycles. The van der Waals surface area contributed by atoms with Crippen LogP contribution in [0.1, 0.15) is 83.7 Å². The number of carbonyl (C=O) groups excluding carboxylic acids is 3. The van der Waals surface area contributed by atoms with Crippen molar-refractivity contribution in [1.29, 1.82) is 0 Å². The predicted octanol–water partition coefficient (Wildman–Crippen LogP) is 5.84. The highest BCUT2D eigenvalue weighted by atomic mass is 16.6. The molecule has 0 aliphatic carbocycles. The minimum Gasteiger partial charge on any atom is -0.444 e. The molecule has 0 fully saturated rings.